The van der Waals surface area contributed by atoms with E-state index in [0.717, 1.165) is 36.5 Å². The summed E-state index contributed by atoms with van der Waals surface area (Å²) in [5.41, 5.74) is 1.42. The summed E-state index contributed by atoms with van der Waals surface area (Å²) in [7, 11) is 0. The number of esters is 1. The first kappa shape index (κ1) is 20.3. The maximum Gasteiger partial charge on any atom is 0.316 e. The van der Waals surface area contributed by atoms with E-state index in [-0.39, 0.29) is 24.3 Å². The molecule has 6 nitrogen and oxygen atoms in total. The molecule has 0 unspecified atom stereocenters. The Labute approximate surface area is 158 Å². The highest BCUT2D eigenvalue weighted by Gasteiger charge is 2.13. The summed E-state index contributed by atoms with van der Waals surface area (Å²) in [4.78, 5) is 27.9. The Morgan fingerprint density at radius 2 is 2.00 bits per heavy atom. The second-order valence-corrected chi connectivity index (χ2v) is 7.62. The van der Waals surface area contributed by atoms with Gasteiger partial charge in [0, 0.05) is 6.04 Å². The fourth-order valence-corrected chi connectivity index (χ4v) is 3.08. The molecule has 0 aliphatic rings. The minimum absolute atomic E-state index is 0.0457. The molecule has 0 saturated carbocycles. The van der Waals surface area contributed by atoms with Gasteiger partial charge in [-0.05, 0) is 31.4 Å². The van der Waals surface area contributed by atoms with E-state index < -0.39 is 5.97 Å². The van der Waals surface area contributed by atoms with E-state index in [9.17, 15) is 9.59 Å². The topological polar surface area (TPSA) is 81.4 Å². The highest BCUT2D eigenvalue weighted by Crippen LogP contribution is 2.23. The summed E-state index contributed by atoms with van der Waals surface area (Å²) in [6.07, 6.45) is 3.13. The van der Waals surface area contributed by atoms with E-state index in [1.54, 1.807) is 0 Å². The van der Waals surface area contributed by atoms with E-state index in [4.69, 9.17) is 9.15 Å². The van der Waals surface area contributed by atoms with E-state index in [0.29, 0.717) is 16.7 Å². The van der Waals surface area contributed by atoms with Crippen molar-refractivity contribution < 1.29 is 18.7 Å². The van der Waals surface area contributed by atoms with Crippen LogP contribution in [0.5, 0.6) is 0 Å². The zero-order valence-electron chi connectivity index (χ0n) is 15.5. The summed E-state index contributed by atoms with van der Waals surface area (Å²) >= 11 is 1.15. The lowest BCUT2D eigenvalue weighted by atomic mass is 10.0. The molecule has 0 fully saturated rings. The normalized spacial score (nSPS) is 12.3. The minimum Gasteiger partial charge on any atom is -0.455 e. The number of rotatable bonds is 10. The van der Waals surface area contributed by atoms with Gasteiger partial charge in [-0.15, -0.1) is 0 Å². The summed E-state index contributed by atoms with van der Waals surface area (Å²) < 4.78 is 10.5. The molecule has 0 bridgehead atoms. The van der Waals surface area contributed by atoms with Crippen molar-refractivity contribution in [3.63, 3.8) is 0 Å². The predicted molar refractivity (Wildman–Crippen MR) is 102 cm³/mol. The number of aromatic nitrogens is 1. The number of hydrogen-bond acceptors (Lipinski definition) is 6. The van der Waals surface area contributed by atoms with Crippen LogP contribution in [0.15, 0.2) is 33.9 Å². The van der Waals surface area contributed by atoms with E-state index in [2.05, 4.69) is 24.1 Å². The number of fused-ring (bicyclic) bond motifs is 1. The van der Waals surface area contributed by atoms with Gasteiger partial charge in [0.25, 0.3) is 11.1 Å². The number of thioether (sulfide) groups is 1. The Kier molecular flexibility index (Phi) is 7.97. The van der Waals surface area contributed by atoms with E-state index in [1.807, 2.05) is 31.2 Å². The van der Waals surface area contributed by atoms with Crippen molar-refractivity contribution in [2.75, 3.05) is 12.4 Å². The Hall–Kier alpha value is -2.02. The number of ether oxygens (including phenoxy) is 1. The second kappa shape index (κ2) is 10.2. The Morgan fingerprint density at radius 3 is 2.73 bits per heavy atom. The van der Waals surface area contributed by atoms with Gasteiger partial charge in [0.1, 0.15) is 11.3 Å². The van der Waals surface area contributed by atoms with Crippen molar-refractivity contribution in [3.8, 4) is 0 Å². The van der Waals surface area contributed by atoms with Gasteiger partial charge < -0.3 is 14.5 Å². The molecular weight excluding hydrogens is 352 g/mol. The molecule has 7 heteroatoms. The van der Waals surface area contributed by atoms with Crippen molar-refractivity contribution in [1.29, 1.82) is 0 Å². The van der Waals surface area contributed by atoms with E-state index in [1.165, 1.54) is 0 Å². The number of para-hydroxylation sites is 2. The lowest BCUT2D eigenvalue weighted by molar-refractivity contribution is -0.146. The SMILES string of the molecule is CC(C)CCC[C@H](C)NC(=O)COC(=O)CSc1nc2ccccc2o1. The zero-order chi connectivity index (χ0) is 18.9. The standard InChI is InChI=1S/C19H26N2O4S/c1-13(2)7-6-8-14(3)20-17(22)11-24-18(23)12-26-19-21-15-9-4-5-10-16(15)25-19/h4-5,9-10,13-14H,6-8,11-12H2,1-3H3,(H,20,22)/t14-/m0/s1. The largest absolute Gasteiger partial charge is 0.455 e. The minimum atomic E-state index is -0.472. The molecule has 0 aliphatic heterocycles. The number of nitrogens with one attached hydrogen (secondary N) is 1. The number of nitrogens with zero attached hydrogens (tertiary/aromatic N) is 1. The quantitative estimate of drug-likeness (QED) is 0.500. The van der Waals surface area contributed by atoms with Crippen LogP contribution < -0.4 is 5.32 Å². The van der Waals surface area contributed by atoms with Crippen molar-refractivity contribution in [1.82, 2.24) is 10.3 Å². The Morgan fingerprint density at radius 1 is 1.23 bits per heavy atom. The molecular formula is C19H26N2O4S. The third kappa shape index (κ3) is 7.07. The van der Waals surface area contributed by atoms with Crippen molar-refractivity contribution in [2.45, 2.75) is 51.3 Å². The molecule has 26 heavy (non-hydrogen) atoms. The predicted octanol–water partition coefficient (Wildman–Crippen LogP) is 3.79. The molecule has 0 spiro atoms. The van der Waals surface area contributed by atoms with Crippen LogP contribution in [0.3, 0.4) is 0 Å². The van der Waals surface area contributed by atoms with Crippen molar-refractivity contribution in [3.05, 3.63) is 24.3 Å². The van der Waals surface area contributed by atoms with Crippen molar-refractivity contribution in [2.24, 2.45) is 5.92 Å². The van der Waals surface area contributed by atoms with Crippen LogP contribution in [0.2, 0.25) is 0 Å². The smallest absolute Gasteiger partial charge is 0.316 e. The first-order valence-corrected chi connectivity index (χ1v) is 9.86. The van der Waals surface area contributed by atoms with Gasteiger partial charge in [-0.2, -0.15) is 0 Å². The lowest BCUT2D eigenvalue weighted by Crippen LogP contribution is -2.36. The molecule has 1 atom stereocenters. The van der Waals surface area contributed by atoms with Gasteiger partial charge in [0.2, 0.25) is 0 Å². The number of carbonyl (C=O) groups excluding carboxylic acids is 2. The molecule has 0 radical (unpaired) electrons. The summed E-state index contributed by atoms with van der Waals surface area (Å²) in [6, 6.07) is 7.47. The Bertz CT molecular complexity index is 696. The maximum absolute atomic E-state index is 11.8. The first-order valence-electron chi connectivity index (χ1n) is 8.87. The molecule has 1 N–H and O–H groups in total. The van der Waals surface area contributed by atoms with Gasteiger partial charge in [-0.25, -0.2) is 4.98 Å². The van der Waals surface area contributed by atoms with Gasteiger partial charge in [0.05, 0.1) is 0 Å². The summed E-state index contributed by atoms with van der Waals surface area (Å²) in [6.45, 7) is 6.06. The summed E-state index contributed by atoms with van der Waals surface area (Å²) in [5.74, 6) is -0.0379. The Balaban J connectivity index is 1.64. The van der Waals surface area contributed by atoms with Crippen LogP contribution in [-0.2, 0) is 14.3 Å². The van der Waals surface area contributed by atoms with E-state index >= 15 is 0 Å². The van der Waals surface area contributed by atoms with Crippen LogP contribution in [0, 0.1) is 5.92 Å². The van der Waals surface area contributed by atoms with Crippen molar-refractivity contribution >= 4 is 34.7 Å². The third-order valence-corrected chi connectivity index (χ3v) is 4.58. The molecule has 1 heterocycles. The second-order valence-electron chi connectivity index (χ2n) is 6.69. The van der Waals surface area contributed by atoms with Gasteiger partial charge >= 0.3 is 5.97 Å². The number of benzene rings is 1. The molecule has 0 saturated heterocycles. The number of hydrogen-bond donors (Lipinski definition) is 1. The number of amides is 1. The average Bonchev–Trinajstić information content (AvgIpc) is 3.00. The number of oxazole rings is 1. The fourth-order valence-electron chi connectivity index (χ4n) is 2.44. The zero-order valence-corrected chi connectivity index (χ0v) is 16.3. The van der Waals surface area contributed by atoms with Crippen LogP contribution in [0.1, 0.15) is 40.0 Å². The molecule has 0 aliphatic carbocycles. The highest BCUT2D eigenvalue weighted by molar-refractivity contribution is 7.99. The molecule has 1 amide bonds. The maximum atomic E-state index is 11.8. The fraction of sp³-hybridized carbons (Fsp3) is 0.526. The molecule has 1 aromatic carbocycles. The first-order chi connectivity index (χ1) is 12.4. The van der Waals surface area contributed by atoms with Gasteiger partial charge in [-0.1, -0.05) is 50.6 Å². The monoisotopic (exact) mass is 378 g/mol. The molecule has 2 rings (SSSR count). The third-order valence-electron chi connectivity index (χ3n) is 3.78. The average molecular weight is 378 g/mol. The molecule has 1 aromatic heterocycles. The van der Waals surface area contributed by atoms with Crippen LogP contribution >= 0.6 is 11.8 Å². The highest BCUT2D eigenvalue weighted by atomic mass is 32.2. The number of carbonyl (C=O) groups is 2. The van der Waals surface area contributed by atoms with Gasteiger partial charge in [0.15, 0.2) is 12.2 Å². The van der Waals surface area contributed by atoms with Crippen LogP contribution in [0.25, 0.3) is 11.1 Å². The van der Waals surface area contributed by atoms with Crippen LogP contribution in [0.4, 0.5) is 0 Å². The molecule has 2 aromatic rings. The molecule has 142 valence electrons. The lowest BCUT2D eigenvalue weighted by Gasteiger charge is -2.14. The summed E-state index contributed by atoms with van der Waals surface area (Å²) in [5, 5.41) is 3.26. The van der Waals surface area contributed by atoms with Gasteiger partial charge in [-0.3, -0.25) is 9.59 Å². The van der Waals surface area contributed by atoms with Crippen LogP contribution in [-0.4, -0.2) is 35.3 Å².